The average Bonchev–Trinajstić information content (AvgIpc) is 3.25. The molecule has 0 saturated carbocycles. The van der Waals surface area contributed by atoms with Crippen LogP contribution in [0, 0.1) is 0 Å². The maximum absolute atomic E-state index is 6.13. The van der Waals surface area contributed by atoms with Crippen LogP contribution in [0.4, 0.5) is 0 Å². The highest BCUT2D eigenvalue weighted by Gasteiger charge is 2.33. The lowest BCUT2D eigenvalue weighted by molar-refractivity contribution is 0.0694. The fourth-order valence-corrected chi connectivity index (χ4v) is 3.65. The Balaban J connectivity index is 0.00000256. The number of benzene rings is 2. The SMILES string of the molecule is CN=C(NCc1cccc(-c2ncn[nH]2)c1)NC1CC(C)(C)Oc2ccccc21.I. The number of aromatic amines is 1. The van der Waals surface area contributed by atoms with Gasteiger partial charge in [-0.2, -0.15) is 5.10 Å². The number of fused-ring (bicyclic) bond motifs is 1. The molecule has 0 spiro atoms. The number of aromatic nitrogens is 3. The van der Waals surface area contributed by atoms with Gasteiger partial charge in [-0.25, -0.2) is 4.98 Å². The van der Waals surface area contributed by atoms with Crippen molar-refractivity contribution in [2.24, 2.45) is 4.99 Å². The fourth-order valence-electron chi connectivity index (χ4n) is 3.65. The van der Waals surface area contributed by atoms with E-state index in [1.54, 1.807) is 7.05 Å². The molecule has 1 aliphatic heterocycles. The minimum absolute atomic E-state index is 0. The maximum atomic E-state index is 6.13. The molecule has 158 valence electrons. The monoisotopic (exact) mass is 518 g/mol. The summed E-state index contributed by atoms with van der Waals surface area (Å²) in [5, 5.41) is 13.8. The molecule has 2 aromatic carbocycles. The van der Waals surface area contributed by atoms with Gasteiger partial charge in [0.15, 0.2) is 11.8 Å². The average molecular weight is 518 g/mol. The summed E-state index contributed by atoms with van der Waals surface area (Å²) in [5.74, 6) is 2.44. The van der Waals surface area contributed by atoms with E-state index in [4.69, 9.17) is 4.74 Å². The van der Waals surface area contributed by atoms with Gasteiger partial charge in [-0.05, 0) is 31.5 Å². The number of aliphatic imine (C=N–C) groups is 1. The van der Waals surface area contributed by atoms with Crippen LogP contribution in [0.15, 0.2) is 59.9 Å². The summed E-state index contributed by atoms with van der Waals surface area (Å²) in [5.41, 5.74) is 3.05. The lowest BCUT2D eigenvalue weighted by Gasteiger charge is -2.38. The van der Waals surface area contributed by atoms with E-state index in [1.807, 2.05) is 30.3 Å². The summed E-state index contributed by atoms with van der Waals surface area (Å²) in [6.07, 6.45) is 2.37. The number of halogens is 1. The van der Waals surface area contributed by atoms with E-state index in [2.05, 4.69) is 62.9 Å². The smallest absolute Gasteiger partial charge is 0.191 e. The van der Waals surface area contributed by atoms with E-state index in [1.165, 1.54) is 6.33 Å². The molecule has 0 bridgehead atoms. The van der Waals surface area contributed by atoms with Crippen molar-refractivity contribution in [2.75, 3.05) is 7.05 Å². The van der Waals surface area contributed by atoms with Crippen molar-refractivity contribution >= 4 is 29.9 Å². The van der Waals surface area contributed by atoms with E-state index < -0.39 is 0 Å². The van der Waals surface area contributed by atoms with Gasteiger partial charge in [0.1, 0.15) is 17.7 Å². The molecule has 0 radical (unpaired) electrons. The molecule has 0 aliphatic carbocycles. The molecule has 0 amide bonds. The van der Waals surface area contributed by atoms with Crippen LogP contribution >= 0.6 is 24.0 Å². The molecule has 3 N–H and O–H groups in total. The van der Waals surface area contributed by atoms with Gasteiger partial charge in [-0.3, -0.25) is 10.1 Å². The lowest BCUT2D eigenvalue weighted by atomic mass is 9.90. The van der Waals surface area contributed by atoms with Crippen molar-refractivity contribution in [3.05, 3.63) is 66.0 Å². The van der Waals surface area contributed by atoms with Crippen molar-refractivity contribution in [1.29, 1.82) is 0 Å². The van der Waals surface area contributed by atoms with Gasteiger partial charge in [0.2, 0.25) is 0 Å². The number of ether oxygens (including phenoxy) is 1. The molecule has 2 heterocycles. The first-order valence-electron chi connectivity index (χ1n) is 9.74. The summed E-state index contributed by atoms with van der Waals surface area (Å²) in [6, 6.07) is 16.5. The van der Waals surface area contributed by atoms with Crippen LogP contribution in [0.1, 0.15) is 37.4 Å². The summed E-state index contributed by atoms with van der Waals surface area (Å²) in [7, 11) is 1.79. The predicted molar refractivity (Wildman–Crippen MR) is 129 cm³/mol. The molecule has 1 unspecified atom stereocenters. The van der Waals surface area contributed by atoms with E-state index in [0.717, 1.165) is 40.6 Å². The summed E-state index contributed by atoms with van der Waals surface area (Å²) < 4.78 is 6.13. The third kappa shape index (κ3) is 5.10. The van der Waals surface area contributed by atoms with Gasteiger partial charge in [-0.1, -0.05) is 36.4 Å². The quantitative estimate of drug-likeness (QED) is 0.276. The maximum Gasteiger partial charge on any atom is 0.191 e. The Labute approximate surface area is 193 Å². The van der Waals surface area contributed by atoms with Gasteiger partial charge < -0.3 is 15.4 Å². The van der Waals surface area contributed by atoms with Crippen molar-refractivity contribution < 1.29 is 4.74 Å². The van der Waals surface area contributed by atoms with E-state index in [0.29, 0.717) is 6.54 Å². The van der Waals surface area contributed by atoms with Crippen LogP contribution in [0.3, 0.4) is 0 Å². The zero-order chi connectivity index (χ0) is 20.3. The number of guanidine groups is 1. The van der Waals surface area contributed by atoms with E-state index >= 15 is 0 Å². The Morgan fingerprint density at radius 1 is 1.23 bits per heavy atom. The molecule has 0 fully saturated rings. The number of nitrogens with zero attached hydrogens (tertiary/aromatic N) is 3. The van der Waals surface area contributed by atoms with Crippen molar-refractivity contribution in [2.45, 2.75) is 38.5 Å². The summed E-state index contributed by atoms with van der Waals surface area (Å²) in [4.78, 5) is 8.63. The standard InChI is InChI=1S/C22H26N6O.HI/c1-22(2)12-18(17-9-4-5-10-19(17)29-22)27-21(23-3)24-13-15-7-6-8-16(11-15)20-25-14-26-28-20;/h4-11,14,18H,12-13H2,1-3H3,(H2,23,24,27)(H,25,26,28);1H. The van der Waals surface area contributed by atoms with Gasteiger partial charge in [-0.15, -0.1) is 24.0 Å². The van der Waals surface area contributed by atoms with Crippen molar-refractivity contribution in [3.63, 3.8) is 0 Å². The highest BCUT2D eigenvalue weighted by molar-refractivity contribution is 14.0. The highest BCUT2D eigenvalue weighted by Crippen LogP contribution is 2.39. The topological polar surface area (TPSA) is 87.2 Å². The normalized spacial score (nSPS) is 17.3. The van der Waals surface area contributed by atoms with Crippen LogP contribution in [0.25, 0.3) is 11.4 Å². The van der Waals surface area contributed by atoms with Crippen molar-refractivity contribution in [3.8, 4) is 17.1 Å². The largest absolute Gasteiger partial charge is 0.487 e. The third-order valence-corrected chi connectivity index (χ3v) is 4.99. The molecule has 3 aromatic rings. The Hall–Kier alpha value is -2.62. The molecule has 1 aliphatic rings. The second-order valence-electron chi connectivity index (χ2n) is 7.76. The molecule has 1 aromatic heterocycles. The number of H-pyrrole nitrogens is 1. The third-order valence-electron chi connectivity index (χ3n) is 4.99. The first kappa shape index (κ1) is 22.1. The lowest BCUT2D eigenvalue weighted by Crippen LogP contribution is -2.45. The van der Waals surface area contributed by atoms with Crippen LogP contribution in [0.2, 0.25) is 0 Å². The van der Waals surface area contributed by atoms with E-state index in [-0.39, 0.29) is 35.6 Å². The molecular formula is C22H27IN6O. The minimum atomic E-state index is -0.240. The number of hydrogen-bond acceptors (Lipinski definition) is 4. The van der Waals surface area contributed by atoms with Gasteiger partial charge in [0, 0.05) is 31.1 Å². The first-order valence-corrected chi connectivity index (χ1v) is 9.74. The number of rotatable bonds is 4. The summed E-state index contributed by atoms with van der Waals surface area (Å²) >= 11 is 0. The fraction of sp³-hybridized carbons (Fsp3) is 0.318. The number of nitrogens with one attached hydrogen (secondary N) is 3. The molecule has 0 saturated heterocycles. The van der Waals surface area contributed by atoms with Crippen LogP contribution in [-0.2, 0) is 6.54 Å². The zero-order valence-electron chi connectivity index (χ0n) is 17.3. The van der Waals surface area contributed by atoms with Crippen LogP contribution in [-0.4, -0.2) is 33.8 Å². The van der Waals surface area contributed by atoms with Gasteiger partial charge in [0.05, 0.1) is 6.04 Å². The van der Waals surface area contributed by atoms with E-state index in [9.17, 15) is 0 Å². The highest BCUT2D eigenvalue weighted by atomic mass is 127. The minimum Gasteiger partial charge on any atom is -0.487 e. The van der Waals surface area contributed by atoms with Gasteiger partial charge in [0.25, 0.3) is 0 Å². The summed E-state index contributed by atoms with van der Waals surface area (Å²) in [6.45, 7) is 4.88. The Kier molecular flexibility index (Phi) is 6.96. The zero-order valence-corrected chi connectivity index (χ0v) is 19.7. The van der Waals surface area contributed by atoms with Crippen molar-refractivity contribution in [1.82, 2.24) is 25.8 Å². The van der Waals surface area contributed by atoms with Crippen LogP contribution < -0.4 is 15.4 Å². The molecule has 30 heavy (non-hydrogen) atoms. The molecule has 1 atom stereocenters. The Morgan fingerprint density at radius 2 is 2.07 bits per heavy atom. The molecular weight excluding hydrogens is 491 g/mol. The number of para-hydroxylation sites is 1. The predicted octanol–water partition coefficient (Wildman–Crippen LogP) is 4.06. The molecule has 8 heteroatoms. The molecule has 7 nitrogen and oxygen atoms in total. The first-order chi connectivity index (χ1) is 14.0. The van der Waals surface area contributed by atoms with Crippen LogP contribution in [0.5, 0.6) is 5.75 Å². The Morgan fingerprint density at radius 3 is 2.83 bits per heavy atom. The second kappa shape index (κ2) is 9.46. The second-order valence-corrected chi connectivity index (χ2v) is 7.76. The molecule has 4 rings (SSSR count). The Bertz CT molecular complexity index is 1000. The van der Waals surface area contributed by atoms with Gasteiger partial charge >= 0.3 is 0 Å². The number of hydrogen-bond donors (Lipinski definition) is 3.